The lowest BCUT2D eigenvalue weighted by molar-refractivity contribution is 0.155. The van der Waals surface area contributed by atoms with Crippen molar-refractivity contribution in [3.05, 3.63) is 33.8 Å². The average Bonchev–Trinajstić information content (AvgIpc) is 2.41. The molecule has 1 aromatic carbocycles. The first-order chi connectivity index (χ1) is 9.36. The first kappa shape index (κ1) is 17.1. The average molecular weight is 319 g/mol. The van der Waals surface area contributed by atoms with Crippen molar-refractivity contribution in [2.45, 2.75) is 32.4 Å². The zero-order valence-electron chi connectivity index (χ0n) is 11.9. The van der Waals surface area contributed by atoms with Gasteiger partial charge in [0.2, 0.25) is 0 Å². The van der Waals surface area contributed by atoms with E-state index in [0.29, 0.717) is 16.5 Å². The minimum absolute atomic E-state index is 0.0748. The number of nitrogens with one attached hydrogen (secondary N) is 1. The van der Waals surface area contributed by atoms with Crippen molar-refractivity contribution in [2.24, 2.45) is 0 Å². The molecule has 0 aromatic heterocycles. The van der Waals surface area contributed by atoms with Gasteiger partial charge in [0.15, 0.2) is 0 Å². The van der Waals surface area contributed by atoms with E-state index in [4.69, 9.17) is 28.3 Å². The molecule has 0 aliphatic carbocycles. The van der Waals surface area contributed by atoms with Gasteiger partial charge in [-0.25, -0.2) is 4.79 Å². The lowest BCUT2D eigenvalue weighted by atomic mass is 10.1. The number of rotatable bonds is 5. The molecule has 2 atom stereocenters. The van der Waals surface area contributed by atoms with Gasteiger partial charge in [0.25, 0.3) is 0 Å². The number of urea groups is 1. The number of nitrogens with zero attached hydrogens (tertiary/aromatic N) is 1. The van der Waals surface area contributed by atoms with E-state index >= 15 is 0 Å². The van der Waals surface area contributed by atoms with Gasteiger partial charge in [-0.15, -0.1) is 0 Å². The number of aliphatic hydroxyl groups excluding tert-OH is 1. The zero-order valence-corrected chi connectivity index (χ0v) is 13.4. The summed E-state index contributed by atoms with van der Waals surface area (Å²) in [5, 5.41) is 13.1. The number of benzene rings is 1. The fourth-order valence-corrected chi connectivity index (χ4v) is 2.27. The molecule has 0 spiro atoms. The van der Waals surface area contributed by atoms with Crippen molar-refractivity contribution in [2.75, 3.05) is 13.7 Å². The smallest absolute Gasteiger partial charge is 0.317 e. The summed E-state index contributed by atoms with van der Waals surface area (Å²) in [7, 11) is 1.64. The van der Waals surface area contributed by atoms with E-state index in [1.54, 1.807) is 32.2 Å². The largest absolute Gasteiger partial charge is 0.394 e. The molecule has 1 aromatic rings. The molecule has 0 aliphatic heterocycles. The van der Waals surface area contributed by atoms with Crippen molar-refractivity contribution in [3.8, 4) is 0 Å². The van der Waals surface area contributed by atoms with E-state index in [-0.39, 0.29) is 24.7 Å². The molecular weight excluding hydrogens is 299 g/mol. The Labute approximate surface area is 129 Å². The lowest BCUT2D eigenvalue weighted by Gasteiger charge is -2.26. The van der Waals surface area contributed by atoms with Gasteiger partial charge >= 0.3 is 6.03 Å². The minimum atomic E-state index is -0.234. The van der Waals surface area contributed by atoms with E-state index in [9.17, 15) is 4.79 Å². The van der Waals surface area contributed by atoms with Crippen molar-refractivity contribution in [1.29, 1.82) is 0 Å². The Bertz CT molecular complexity index is 448. The normalized spacial score (nSPS) is 13.7. The van der Waals surface area contributed by atoms with Crippen LogP contribution >= 0.6 is 23.2 Å². The van der Waals surface area contributed by atoms with Crippen LogP contribution in [0.2, 0.25) is 10.0 Å². The molecule has 0 heterocycles. The Hall–Kier alpha value is -0.970. The summed E-state index contributed by atoms with van der Waals surface area (Å²) in [5.74, 6) is 0. The van der Waals surface area contributed by atoms with E-state index < -0.39 is 0 Å². The number of halogens is 2. The molecule has 0 radical (unpaired) electrons. The van der Waals surface area contributed by atoms with Gasteiger partial charge in [0.1, 0.15) is 0 Å². The molecule has 4 nitrogen and oxygen atoms in total. The van der Waals surface area contributed by atoms with Gasteiger partial charge in [-0.3, -0.25) is 0 Å². The Kier molecular flexibility index (Phi) is 6.59. The van der Waals surface area contributed by atoms with Crippen LogP contribution < -0.4 is 5.32 Å². The van der Waals surface area contributed by atoms with Crippen molar-refractivity contribution in [3.63, 3.8) is 0 Å². The maximum absolute atomic E-state index is 12.0. The van der Waals surface area contributed by atoms with Crippen LogP contribution in [0.3, 0.4) is 0 Å². The summed E-state index contributed by atoms with van der Waals surface area (Å²) in [6.07, 6.45) is 0.547. The fraction of sp³-hybridized carbons (Fsp3) is 0.500. The zero-order chi connectivity index (χ0) is 15.3. The summed E-state index contributed by atoms with van der Waals surface area (Å²) >= 11 is 12.2. The predicted octanol–water partition coefficient (Wildman–Crippen LogP) is 2.95. The molecule has 0 bridgehead atoms. The number of carbonyl (C=O) groups is 1. The third kappa shape index (κ3) is 4.54. The fourth-order valence-electron chi connectivity index (χ4n) is 1.72. The second-order valence-electron chi connectivity index (χ2n) is 4.90. The molecule has 1 rings (SSSR count). The van der Waals surface area contributed by atoms with E-state index in [1.807, 2.05) is 6.92 Å². The lowest BCUT2D eigenvalue weighted by Crippen LogP contribution is -2.47. The number of likely N-dealkylation sites (N-methyl/N-ethyl adjacent to an activating group) is 1. The topological polar surface area (TPSA) is 52.6 Å². The van der Waals surface area contributed by atoms with Gasteiger partial charge < -0.3 is 15.3 Å². The highest BCUT2D eigenvalue weighted by Crippen LogP contribution is 2.25. The molecule has 20 heavy (non-hydrogen) atoms. The highest BCUT2D eigenvalue weighted by molar-refractivity contribution is 6.36. The van der Waals surface area contributed by atoms with Crippen LogP contribution in [-0.2, 0) is 6.42 Å². The number of hydrogen-bond acceptors (Lipinski definition) is 2. The van der Waals surface area contributed by atoms with Crippen LogP contribution in [0.5, 0.6) is 0 Å². The molecule has 0 saturated heterocycles. The third-order valence-corrected chi connectivity index (χ3v) is 3.90. The first-order valence-corrected chi connectivity index (χ1v) is 7.19. The Morgan fingerprint density at radius 2 is 1.90 bits per heavy atom. The SMILES string of the molecule is CC(Cc1c(Cl)cccc1Cl)NC(=O)N(C)C(C)CO. The second kappa shape index (κ2) is 7.72. The molecule has 0 aliphatic rings. The molecule has 2 N–H and O–H groups in total. The van der Waals surface area contributed by atoms with Crippen LogP contribution in [0, 0.1) is 0 Å². The van der Waals surface area contributed by atoms with E-state index in [1.165, 1.54) is 4.90 Å². The first-order valence-electron chi connectivity index (χ1n) is 6.43. The van der Waals surface area contributed by atoms with Gasteiger partial charge in [-0.05, 0) is 38.0 Å². The summed E-state index contributed by atoms with van der Waals surface area (Å²) in [6, 6.07) is 4.75. The summed E-state index contributed by atoms with van der Waals surface area (Å²) in [5.41, 5.74) is 0.821. The minimum Gasteiger partial charge on any atom is -0.394 e. The Morgan fingerprint density at radius 1 is 1.35 bits per heavy atom. The standard InChI is InChI=1S/C14H20Cl2N2O2/c1-9(17-14(20)18(3)10(2)8-19)7-11-12(15)5-4-6-13(11)16/h4-6,9-10,19H,7-8H2,1-3H3,(H,17,20). The van der Waals surface area contributed by atoms with Gasteiger partial charge in [0, 0.05) is 23.1 Å². The van der Waals surface area contributed by atoms with Crippen molar-refractivity contribution >= 4 is 29.2 Å². The molecule has 0 saturated carbocycles. The highest BCUT2D eigenvalue weighted by Gasteiger charge is 2.18. The van der Waals surface area contributed by atoms with E-state index in [2.05, 4.69) is 5.32 Å². The van der Waals surface area contributed by atoms with Crippen LogP contribution in [-0.4, -0.2) is 41.8 Å². The van der Waals surface area contributed by atoms with Crippen LogP contribution in [0.15, 0.2) is 18.2 Å². The maximum Gasteiger partial charge on any atom is 0.317 e. The van der Waals surface area contributed by atoms with Gasteiger partial charge in [-0.1, -0.05) is 29.3 Å². The number of aliphatic hydroxyl groups is 1. The van der Waals surface area contributed by atoms with Crippen LogP contribution in [0.4, 0.5) is 4.79 Å². The Morgan fingerprint density at radius 3 is 2.40 bits per heavy atom. The monoisotopic (exact) mass is 318 g/mol. The molecule has 6 heteroatoms. The maximum atomic E-state index is 12.0. The quantitative estimate of drug-likeness (QED) is 0.877. The van der Waals surface area contributed by atoms with Gasteiger partial charge in [-0.2, -0.15) is 0 Å². The van der Waals surface area contributed by atoms with Crippen LogP contribution in [0.25, 0.3) is 0 Å². The molecule has 0 fully saturated rings. The number of hydrogen-bond donors (Lipinski definition) is 2. The molecule has 2 unspecified atom stereocenters. The Balaban J connectivity index is 2.64. The number of carbonyl (C=O) groups excluding carboxylic acids is 1. The second-order valence-corrected chi connectivity index (χ2v) is 5.71. The summed E-state index contributed by atoms with van der Waals surface area (Å²) in [4.78, 5) is 13.4. The molecule has 2 amide bonds. The summed E-state index contributed by atoms with van der Waals surface area (Å²) in [6.45, 7) is 3.58. The predicted molar refractivity (Wildman–Crippen MR) is 82.5 cm³/mol. The summed E-state index contributed by atoms with van der Waals surface area (Å²) < 4.78 is 0. The van der Waals surface area contributed by atoms with Crippen molar-refractivity contribution in [1.82, 2.24) is 10.2 Å². The van der Waals surface area contributed by atoms with Gasteiger partial charge in [0.05, 0.1) is 12.6 Å². The van der Waals surface area contributed by atoms with E-state index in [0.717, 1.165) is 5.56 Å². The van der Waals surface area contributed by atoms with Crippen molar-refractivity contribution < 1.29 is 9.90 Å². The molecular formula is C14H20Cl2N2O2. The number of amides is 2. The molecule has 112 valence electrons. The highest BCUT2D eigenvalue weighted by atomic mass is 35.5. The van der Waals surface area contributed by atoms with Crippen LogP contribution in [0.1, 0.15) is 19.4 Å². The third-order valence-electron chi connectivity index (χ3n) is 3.19.